The van der Waals surface area contributed by atoms with Gasteiger partial charge in [-0.3, -0.25) is 4.79 Å². The third kappa shape index (κ3) is 7.08. The van der Waals surface area contributed by atoms with E-state index in [1.165, 1.54) is 32.1 Å². The van der Waals surface area contributed by atoms with Gasteiger partial charge in [-0.15, -0.1) is 0 Å². The molecule has 0 unspecified atom stereocenters. The van der Waals surface area contributed by atoms with Gasteiger partial charge in [-0.05, 0) is 43.7 Å². The van der Waals surface area contributed by atoms with Gasteiger partial charge in [-0.25, -0.2) is 0 Å². The van der Waals surface area contributed by atoms with Gasteiger partial charge >= 0.3 is 0 Å². The quantitative estimate of drug-likeness (QED) is 0.283. The number of hydrogen-bond acceptors (Lipinski definition) is 1. The summed E-state index contributed by atoms with van der Waals surface area (Å²) >= 11 is 0. The lowest BCUT2D eigenvalue weighted by Gasteiger charge is -2.05. The fourth-order valence-electron chi connectivity index (χ4n) is 2.27. The van der Waals surface area contributed by atoms with Gasteiger partial charge in [0.05, 0.1) is 0 Å². The van der Waals surface area contributed by atoms with Crippen LogP contribution in [0.1, 0.15) is 74.7 Å². The minimum atomic E-state index is 0.109. The van der Waals surface area contributed by atoms with E-state index in [1.54, 1.807) is 6.92 Å². The Morgan fingerprint density at radius 1 is 1.00 bits per heavy atom. The van der Waals surface area contributed by atoms with Crippen LogP contribution in [0.3, 0.4) is 0 Å². The molecule has 0 atom stereocenters. The van der Waals surface area contributed by atoms with E-state index in [2.05, 4.69) is 25.7 Å². The summed E-state index contributed by atoms with van der Waals surface area (Å²) in [6.07, 6.45) is 13.1. The van der Waals surface area contributed by atoms with Crippen LogP contribution in [0.2, 0.25) is 0 Å². The number of carbonyl (C=O) groups excluding carboxylic acids is 1. The van der Waals surface area contributed by atoms with Gasteiger partial charge in [0.1, 0.15) is 0 Å². The van der Waals surface area contributed by atoms with Crippen molar-refractivity contribution in [2.45, 2.75) is 58.8 Å². The lowest BCUT2D eigenvalue weighted by molar-refractivity contribution is 0.101. The number of allylic oxidation sites excluding steroid dienone is 3. The highest BCUT2D eigenvalue weighted by molar-refractivity contribution is 5.94. The third-order valence-electron chi connectivity index (χ3n) is 3.70. The summed E-state index contributed by atoms with van der Waals surface area (Å²) in [7, 11) is 0. The summed E-state index contributed by atoms with van der Waals surface area (Å²) < 4.78 is 0. The highest BCUT2D eigenvalue weighted by Crippen LogP contribution is 2.19. The summed E-state index contributed by atoms with van der Waals surface area (Å²) in [5.74, 6) is 0.109. The maximum Gasteiger partial charge on any atom is 0.159 e. The Morgan fingerprint density at radius 3 is 2.24 bits per heavy atom. The first kappa shape index (κ1) is 17.4. The van der Waals surface area contributed by atoms with Crippen molar-refractivity contribution in [3.05, 3.63) is 54.1 Å². The molecule has 0 bridgehead atoms. The van der Waals surface area contributed by atoms with Gasteiger partial charge in [0, 0.05) is 5.56 Å². The Labute approximate surface area is 129 Å². The Hall–Kier alpha value is -1.63. The van der Waals surface area contributed by atoms with Crippen LogP contribution in [-0.4, -0.2) is 5.78 Å². The smallest absolute Gasteiger partial charge is 0.159 e. The molecule has 0 aliphatic rings. The lowest BCUT2D eigenvalue weighted by atomic mass is 10.0. The Kier molecular flexibility index (Phi) is 8.42. The molecule has 0 aliphatic heterocycles. The van der Waals surface area contributed by atoms with Crippen molar-refractivity contribution < 1.29 is 4.79 Å². The number of ketones is 1. The zero-order valence-electron chi connectivity index (χ0n) is 13.5. The maximum atomic E-state index is 11.2. The van der Waals surface area contributed by atoms with E-state index in [9.17, 15) is 4.79 Å². The van der Waals surface area contributed by atoms with Gasteiger partial charge < -0.3 is 0 Å². The van der Waals surface area contributed by atoms with Gasteiger partial charge in [0.2, 0.25) is 0 Å². The molecular formula is C20H28O. The molecule has 0 fully saturated rings. The summed E-state index contributed by atoms with van der Waals surface area (Å²) in [6.45, 7) is 7.97. The minimum absolute atomic E-state index is 0.109. The normalized spacial score (nSPS) is 11.0. The van der Waals surface area contributed by atoms with Crippen molar-refractivity contribution in [1.29, 1.82) is 0 Å². The van der Waals surface area contributed by atoms with Crippen LogP contribution in [-0.2, 0) is 0 Å². The van der Waals surface area contributed by atoms with Crippen molar-refractivity contribution in [3.8, 4) is 0 Å². The van der Waals surface area contributed by atoms with Crippen molar-refractivity contribution in [1.82, 2.24) is 0 Å². The van der Waals surface area contributed by atoms with Crippen LogP contribution in [0.4, 0.5) is 0 Å². The average Bonchev–Trinajstić information content (AvgIpc) is 2.49. The van der Waals surface area contributed by atoms with Crippen LogP contribution in [0.5, 0.6) is 0 Å². The molecule has 0 amide bonds. The molecule has 0 aliphatic carbocycles. The van der Waals surface area contributed by atoms with E-state index in [1.807, 2.05) is 24.3 Å². The summed E-state index contributed by atoms with van der Waals surface area (Å²) in [5, 5.41) is 0. The Morgan fingerprint density at radius 2 is 1.62 bits per heavy atom. The fraction of sp³-hybridized carbons (Fsp3) is 0.450. The van der Waals surface area contributed by atoms with E-state index in [-0.39, 0.29) is 5.78 Å². The highest BCUT2D eigenvalue weighted by atomic mass is 16.1. The number of carbonyl (C=O) groups is 1. The highest BCUT2D eigenvalue weighted by Gasteiger charge is 2.01. The van der Waals surface area contributed by atoms with E-state index in [0.29, 0.717) is 0 Å². The standard InChI is InChI=1S/C20H28O/c1-4-5-6-7-8-9-10-11-12-17(2)19-13-15-20(16-14-19)18(3)21/h9-10,13-16H,2,4-8,11-12H2,1,3H3/b10-9+. The zero-order valence-corrected chi connectivity index (χ0v) is 13.5. The first-order chi connectivity index (χ1) is 10.1. The number of Topliss-reactive ketones (excluding diaryl/α,β-unsaturated/α-hetero) is 1. The maximum absolute atomic E-state index is 11.2. The van der Waals surface area contributed by atoms with Crippen molar-refractivity contribution in [2.75, 3.05) is 0 Å². The summed E-state index contributed by atoms with van der Waals surface area (Å²) in [4.78, 5) is 11.2. The van der Waals surface area contributed by atoms with E-state index in [0.717, 1.165) is 29.5 Å². The first-order valence-corrected chi connectivity index (χ1v) is 8.09. The molecule has 1 aromatic rings. The Bertz CT molecular complexity index is 465. The van der Waals surface area contributed by atoms with E-state index in [4.69, 9.17) is 0 Å². The second-order valence-corrected chi connectivity index (χ2v) is 5.60. The van der Waals surface area contributed by atoms with Crippen molar-refractivity contribution in [2.24, 2.45) is 0 Å². The first-order valence-electron chi connectivity index (χ1n) is 8.09. The molecule has 0 heterocycles. The largest absolute Gasteiger partial charge is 0.295 e. The number of unbranched alkanes of at least 4 members (excludes halogenated alkanes) is 4. The summed E-state index contributed by atoms with van der Waals surface area (Å²) in [6, 6.07) is 7.75. The molecule has 114 valence electrons. The van der Waals surface area contributed by atoms with Gasteiger partial charge in [-0.2, -0.15) is 0 Å². The number of rotatable bonds is 10. The van der Waals surface area contributed by atoms with Crippen LogP contribution in [0.15, 0.2) is 43.0 Å². The fourth-order valence-corrected chi connectivity index (χ4v) is 2.27. The molecule has 1 aromatic carbocycles. The minimum Gasteiger partial charge on any atom is -0.295 e. The molecule has 0 saturated carbocycles. The zero-order chi connectivity index (χ0) is 15.5. The van der Waals surface area contributed by atoms with Crippen molar-refractivity contribution in [3.63, 3.8) is 0 Å². The van der Waals surface area contributed by atoms with Gasteiger partial charge in [-0.1, -0.05) is 69.2 Å². The van der Waals surface area contributed by atoms with Gasteiger partial charge in [0.25, 0.3) is 0 Å². The van der Waals surface area contributed by atoms with Gasteiger partial charge in [0.15, 0.2) is 5.78 Å². The molecule has 1 nitrogen and oxygen atoms in total. The van der Waals surface area contributed by atoms with E-state index >= 15 is 0 Å². The molecule has 21 heavy (non-hydrogen) atoms. The van der Waals surface area contributed by atoms with Crippen LogP contribution in [0.25, 0.3) is 5.57 Å². The van der Waals surface area contributed by atoms with Crippen LogP contribution in [0, 0.1) is 0 Å². The van der Waals surface area contributed by atoms with Crippen LogP contribution < -0.4 is 0 Å². The topological polar surface area (TPSA) is 17.1 Å². The molecule has 0 saturated heterocycles. The summed E-state index contributed by atoms with van der Waals surface area (Å²) in [5.41, 5.74) is 3.04. The molecular weight excluding hydrogens is 256 g/mol. The second-order valence-electron chi connectivity index (χ2n) is 5.60. The molecule has 0 N–H and O–H groups in total. The molecule has 1 heteroatoms. The molecule has 1 rings (SSSR count). The number of benzene rings is 1. The van der Waals surface area contributed by atoms with Crippen LogP contribution >= 0.6 is 0 Å². The SMILES string of the molecule is C=C(CC/C=C/CCCCCC)c1ccc(C(C)=O)cc1. The molecule has 0 spiro atoms. The number of hydrogen-bond donors (Lipinski definition) is 0. The average molecular weight is 284 g/mol. The monoisotopic (exact) mass is 284 g/mol. The lowest BCUT2D eigenvalue weighted by Crippen LogP contribution is -1.92. The third-order valence-corrected chi connectivity index (χ3v) is 3.70. The van der Waals surface area contributed by atoms with Crippen molar-refractivity contribution >= 4 is 11.4 Å². The molecule has 0 aromatic heterocycles. The predicted octanol–water partition coefficient (Wildman–Crippen LogP) is 6.21. The second kappa shape index (κ2) is 10.1. The Balaban J connectivity index is 2.27. The molecule has 0 radical (unpaired) electrons. The van der Waals surface area contributed by atoms with E-state index < -0.39 is 0 Å². The predicted molar refractivity (Wildman–Crippen MR) is 92.6 cm³/mol.